The van der Waals surface area contributed by atoms with Gasteiger partial charge in [-0.3, -0.25) is 4.79 Å². The van der Waals surface area contributed by atoms with Crippen molar-refractivity contribution in [3.63, 3.8) is 0 Å². The van der Waals surface area contributed by atoms with Crippen molar-refractivity contribution in [3.8, 4) is 0 Å². The number of carbonyl (C=O) groups is 2. The monoisotopic (exact) mass is 268 g/mol. The van der Waals surface area contributed by atoms with E-state index >= 15 is 0 Å². The molecule has 1 aromatic heterocycles. The Bertz CT molecular complexity index is 396. The van der Waals surface area contributed by atoms with E-state index in [1.54, 1.807) is 6.07 Å². The van der Waals surface area contributed by atoms with Gasteiger partial charge in [0, 0.05) is 4.88 Å². The fourth-order valence-electron chi connectivity index (χ4n) is 1.87. The van der Waals surface area contributed by atoms with Crippen molar-refractivity contribution in [2.45, 2.75) is 45.4 Å². The average Bonchev–Trinajstić information content (AvgIpc) is 2.81. The molecule has 0 bridgehead atoms. The largest absolute Gasteiger partial charge is 0.465 e. The van der Waals surface area contributed by atoms with Gasteiger partial charge in [-0.2, -0.15) is 0 Å². The third-order valence-electron chi connectivity index (χ3n) is 2.86. The predicted molar refractivity (Wildman–Crippen MR) is 73.5 cm³/mol. The number of hydrogen-bond acceptors (Lipinski definition) is 4. The molecular weight excluding hydrogens is 248 g/mol. The smallest absolute Gasteiger partial charge is 0.339 e. The van der Waals surface area contributed by atoms with Gasteiger partial charge in [0.1, 0.15) is 0 Å². The Labute approximate surface area is 112 Å². The fraction of sp³-hybridized carbons (Fsp3) is 0.571. The lowest BCUT2D eigenvalue weighted by Crippen LogP contribution is -2.02. The van der Waals surface area contributed by atoms with Gasteiger partial charge in [-0.1, -0.05) is 32.6 Å². The van der Waals surface area contributed by atoms with Gasteiger partial charge in [-0.05, 0) is 18.9 Å². The minimum atomic E-state index is -0.345. The van der Waals surface area contributed by atoms with Crippen LogP contribution in [0.5, 0.6) is 0 Å². The number of esters is 1. The van der Waals surface area contributed by atoms with Crippen LogP contribution >= 0.6 is 11.3 Å². The number of methoxy groups -OCH3 is 1. The summed E-state index contributed by atoms with van der Waals surface area (Å²) in [5.74, 6) is -0.345. The van der Waals surface area contributed by atoms with E-state index in [-0.39, 0.29) is 5.97 Å². The van der Waals surface area contributed by atoms with Crippen LogP contribution in [-0.4, -0.2) is 19.4 Å². The zero-order valence-electron chi connectivity index (χ0n) is 11.0. The van der Waals surface area contributed by atoms with E-state index < -0.39 is 0 Å². The Hall–Kier alpha value is -1.16. The van der Waals surface area contributed by atoms with Crippen LogP contribution in [0, 0.1) is 0 Å². The van der Waals surface area contributed by atoms with Crippen molar-refractivity contribution in [2.24, 2.45) is 0 Å². The summed E-state index contributed by atoms with van der Waals surface area (Å²) in [5.41, 5.74) is 0.556. The molecule has 1 heterocycles. The first-order valence-corrected chi connectivity index (χ1v) is 7.20. The predicted octanol–water partition coefficient (Wildman–Crippen LogP) is 3.86. The van der Waals surface area contributed by atoms with E-state index in [1.807, 2.05) is 0 Å². The molecule has 100 valence electrons. The number of rotatable bonds is 8. The van der Waals surface area contributed by atoms with Crippen LogP contribution in [0.4, 0.5) is 0 Å². The standard InChI is InChI=1S/C14H20O3S/c1-3-4-5-6-7-8-13-12(14(16)17-2)9-11(10-15)18-13/h9-10H,3-8H2,1-2H3. The summed E-state index contributed by atoms with van der Waals surface area (Å²) < 4.78 is 4.73. The van der Waals surface area contributed by atoms with E-state index in [9.17, 15) is 9.59 Å². The van der Waals surface area contributed by atoms with Crippen LogP contribution in [0.25, 0.3) is 0 Å². The van der Waals surface area contributed by atoms with E-state index in [2.05, 4.69) is 6.92 Å². The van der Waals surface area contributed by atoms with Crippen molar-refractivity contribution >= 4 is 23.6 Å². The van der Waals surface area contributed by atoms with E-state index in [0.717, 1.165) is 24.0 Å². The SMILES string of the molecule is CCCCCCCc1sc(C=O)cc1C(=O)OC. The number of carbonyl (C=O) groups excluding carboxylic acids is 2. The average molecular weight is 268 g/mol. The van der Waals surface area contributed by atoms with Gasteiger partial charge >= 0.3 is 5.97 Å². The Morgan fingerprint density at radius 1 is 1.33 bits per heavy atom. The van der Waals surface area contributed by atoms with Gasteiger partial charge in [0.25, 0.3) is 0 Å². The highest BCUT2D eigenvalue weighted by molar-refractivity contribution is 7.14. The molecule has 0 saturated carbocycles. The minimum absolute atomic E-state index is 0.345. The molecule has 0 aromatic carbocycles. The van der Waals surface area contributed by atoms with Crippen molar-refractivity contribution in [3.05, 3.63) is 21.4 Å². The third kappa shape index (κ3) is 4.26. The highest BCUT2D eigenvalue weighted by Gasteiger charge is 2.15. The zero-order chi connectivity index (χ0) is 13.4. The second-order valence-electron chi connectivity index (χ2n) is 4.26. The Balaban J connectivity index is 2.59. The van der Waals surface area contributed by atoms with Crippen molar-refractivity contribution in [2.75, 3.05) is 7.11 Å². The second-order valence-corrected chi connectivity index (χ2v) is 5.43. The molecule has 0 aliphatic heterocycles. The molecule has 3 nitrogen and oxygen atoms in total. The Morgan fingerprint density at radius 2 is 2.06 bits per heavy atom. The molecular formula is C14H20O3S. The molecule has 0 amide bonds. The molecule has 0 saturated heterocycles. The lowest BCUT2D eigenvalue weighted by molar-refractivity contribution is 0.0600. The normalized spacial score (nSPS) is 10.3. The molecule has 0 radical (unpaired) electrons. The number of hydrogen-bond donors (Lipinski definition) is 0. The lowest BCUT2D eigenvalue weighted by atomic mass is 10.1. The summed E-state index contributed by atoms with van der Waals surface area (Å²) in [5, 5.41) is 0. The van der Waals surface area contributed by atoms with Gasteiger partial charge < -0.3 is 4.74 Å². The third-order valence-corrected chi connectivity index (χ3v) is 3.98. The number of ether oxygens (including phenoxy) is 1. The summed E-state index contributed by atoms with van der Waals surface area (Å²) in [6, 6.07) is 1.63. The molecule has 0 aliphatic rings. The molecule has 0 N–H and O–H groups in total. The molecule has 1 rings (SSSR count). The van der Waals surface area contributed by atoms with Crippen LogP contribution in [-0.2, 0) is 11.2 Å². The van der Waals surface area contributed by atoms with Gasteiger partial charge in [-0.15, -0.1) is 11.3 Å². The minimum Gasteiger partial charge on any atom is -0.465 e. The number of unbranched alkanes of at least 4 members (excludes halogenated alkanes) is 4. The molecule has 0 fully saturated rings. The lowest BCUT2D eigenvalue weighted by Gasteiger charge is -2.02. The van der Waals surface area contributed by atoms with Crippen LogP contribution in [0.15, 0.2) is 6.07 Å². The quantitative estimate of drug-likeness (QED) is 0.408. The van der Waals surface area contributed by atoms with Gasteiger partial charge in [0.15, 0.2) is 6.29 Å². The highest BCUT2D eigenvalue weighted by atomic mass is 32.1. The highest BCUT2D eigenvalue weighted by Crippen LogP contribution is 2.24. The number of thiophene rings is 1. The Morgan fingerprint density at radius 3 is 2.67 bits per heavy atom. The molecule has 4 heteroatoms. The van der Waals surface area contributed by atoms with E-state index in [1.165, 1.54) is 44.1 Å². The molecule has 1 aromatic rings. The number of aldehydes is 1. The van der Waals surface area contributed by atoms with Gasteiger partial charge in [-0.25, -0.2) is 4.79 Å². The maximum atomic E-state index is 11.6. The zero-order valence-corrected chi connectivity index (χ0v) is 11.8. The van der Waals surface area contributed by atoms with Crippen LogP contribution in [0.1, 0.15) is 63.9 Å². The first kappa shape index (κ1) is 14.9. The van der Waals surface area contributed by atoms with Gasteiger partial charge in [0.2, 0.25) is 0 Å². The molecule has 18 heavy (non-hydrogen) atoms. The number of aryl methyl sites for hydroxylation is 1. The summed E-state index contributed by atoms with van der Waals surface area (Å²) >= 11 is 1.40. The molecule has 0 unspecified atom stereocenters. The maximum Gasteiger partial charge on any atom is 0.339 e. The molecule has 0 spiro atoms. The second kappa shape index (κ2) is 8.03. The Kier molecular flexibility index (Phi) is 6.65. The molecule has 0 atom stereocenters. The van der Waals surface area contributed by atoms with Crippen molar-refractivity contribution in [1.29, 1.82) is 0 Å². The topological polar surface area (TPSA) is 43.4 Å². The van der Waals surface area contributed by atoms with Crippen molar-refractivity contribution < 1.29 is 14.3 Å². The van der Waals surface area contributed by atoms with E-state index in [0.29, 0.717) is 10.4 Å². The summed E-state index contributed by atoms with van der Waals surface area (Å²) in [4.78, 5) is 23.9. The van der Waals surface area contributed by atoms with Crippen LogP contribution in [0.2, 0.25) is 0 Å². The van der Waals surface area contributed by atoms with E-state index in [4.69, 9.17) is 4.74 Å². The van der Waals surface area contributed by atoms with Crippen LogP contribution in [0.3, 0.4) is 0 Å². The summed E-state index contributed by atoms with van der Waals surface area (Å²) in [6.07, 6.45) is 7.58. The maximum absolute atomic E-state index is 11.6. The summed E-state index contributed by atoms with van der Waals surface area (Å²) in [7, 11) is 1.37. The fourth-order valence-corrected chi connectivity index (χ4v) is 2.87. The van der Waals surface area contributed by atoms with Crippen molar-refractivity contribution in [1.82, 2.24) is 0 Å². The molecule has 0 aliphatic carbocycles. The first-order valence-electron chi connectivity index (χ1n) is 6.39. The van der Waals surface area contributed by atoms with Gasteiger partial charge in [0.05, 0.1) is 17.6 Å². The summed E-state index contributed by atoms with van der Waals surface area (Å²) in [6.45, 7) is 2.19. The van der Waals surface area contributed by atoms with Crippen LogP contribution < -0.4 is 0 Å². The first-order chi connectivity index (χ1) is 8.72.